The molecule has 3 aromatic carbocycles. The third-order valence-electron chi connectivity index (χ3n) is 4.50. The van der Waals surface area contributed by atoms with E-state index < -0.39 is 11.5 Å². The molecule has 0 bridgehead atoms. The summed E-state index contributed by atoms with van der Waals surface area (Å²) in [4.78, 5) is 25.9. The van der Waals surface area contributed by atoms with Gasteiger partial charge in [-0.05, 0) is 23.8 Å². The van der Waals surface area contributed by atoms with Crippen molar-refractivity contribution in [2.24, 2.45) is 0 Å². The molecule has 30 heavy (non-hydrogen) atoms. The molecule has 148 valence electrons. The van der Waals surface area contributed by atoms with Crippen molar-refractivity contribution in [3.8, 4) is 22.4 Å². The molecule has 0 atom stereocenters. The van der Waals surface area contributed by atoms with Crippen molar-refractivity contribution >= 4 is 34.8 Å². The minimum atomic E-state index is -0.601. The first kappa shape index (κ1) is 19.9. The van der Waals surface area contributed by atoms with Gasteiger partial charge in [-0.1, -0.05) is 83.9 Å². The van der Waals surface area contributed by atoms with Gasteiger partial charge < -0.3 is 5.32 Å². The Morgan fingerprint density at radius 2 is 1.50 bits per heavy atom. The molecule has 1 heterocycles. The highest BCUT2D eigenvalue weighted by atomic mass is 35.5. The van der Waals surface area contributed by atoms with Gasteiger partial charge >= 0.3 is 0 Å². The van der Waals surface area contributed by atoms with Crippen molar-refractivity contribution in [2.45, 2.75) is 0 Å². The Balaban J connectivity index is 1.90. The molecule has 1 amide bonds. The Morgan fingerprint density at radius 3 is 2.13 bits per heavy atom. The summed E-state index contributed by atoms with van der Waals surface area (Å²) in [6.45, 7) is 0. The third kappa shape index (κ3) is 3.99. The number of hydrogen-bond donors (Lipinski definition) is 2. The molecule has 0 radical (unpaired) electrons. The molecule has 0 unspecified atom stereocenters. The van der Waals surface area contributed by atoms with Crippen molar-refractivity contribution in [1.82, 2.24) is 10.2 Å². The van der Waals surface area contributed by atoms with Gasteiger partial charge in [0.05, 0.1) is 16.4 Å². The lowest BCUT2D eigenvalue weighted by Crippen LogP contribution is -2.26. The molecule has 0 spiro atoms. The van der Waals surface area contributed by atoms with E-state index in [-0.39, 0.29) is 10.6 Å². The first-order valence-corrected chi connectivity index (χ1v) is 9.80. The highest BCUT2D eigenvalue weighted by molar-refractivity contribution is 6.36. The zero-order valence-electron chi connectivity index (χ0n) is 15.5. The van der Waals surface area contributed by atoms with Crippen molar-refractivity contribution in [1.29, 1.82) is 0 Å². The second kappa shape index (κ2) is 8.53. The summed E-state index contributed by atoms with van der Waals surface area (Å²) in [7, 11) is 0. The van der Waals surface area contributed by atoms with Gasteiger partial charge in [-0.25, -0.2) is 5.10 Å². The number of rotatable bonds is 4. The van der Waals surface area contributed by atoms with Crippen LogP contribution in [-0.4, -0.2) is 16.1 Å². The van der Waals surface area contributed by atoms with E-state index in [9.17, 15) is 9.59 Å². The molecule has 0 saturated carbocycles. The number of halogens is 2. The van der Waals surface area contributed by atoms with E-state index in [1.165, 1.54) is 6.07 Å². The molecular formula is C23H15Cl2N3O2. The summed E-state index contributed by atoms with van der Waals surface area (Å²) in [6, 6.07) is 23.2. The monoisotopic (exact) mass is 435 g/mol. The SMILES string of the molecule is O=C(Nc1ccc(Cl)cc1Cl)c1c(-c2ccccc2)c(-c2ccccc2)n[nH]c1=O. The van der Waals surface area contributed by atoms with Crippen LogP contribution >= 0.6 is 23.2 Å². The zero-order valence-corrected chi connectivity index (χ0v) is 17.0. The first-order valence-electron chi connectivity index (χ1n) is 9.04. The number of aromatic amines is 1. The van der Waals surface area contributed by atoms with Crippen LogP contribution in [0.25, 0.3) is 22.4 Å². The Labute approximate surface area is 182 Å². The van der Waals surface area contributed by atoms with Gasteiger partial charge in [0, 0.05) is 16.1 Å². The molecule has 0 aliphatic heterocycles. The molecule has 5 nitrogen and oxygen atoms in total. The number of hydrogen-bond acceptors (Lipinski definition) is 3. The minimum absolute atomic E-state index is 0.0546. The second-order valence-corrected chi connectivity index (χ2v) is 7.31. The Hall–Kier alpha value is -3.41. The van der Waals surface area contributed by atoms with Crippen LogP contribution in [0.5, 0.6) is 0 Å². The molecule has 0 saturated heterocycles. The van der Waals surface area contributed by atoms with Crippen LogP contribution < -0.4 is 10.9 Å². The minimum Gasteiger partial charge on any atom is -0.320 e. The van der Waals surface area contributed by atoms with Gasteiger partial charge in [-0.3, -0.25) is 9.59 Å². The fourth-order valence-corrected chi connectivity index (χ4v) is 3.59. The topological polar surface area (TPSA) is 74.8 Å². The summed E-state index contributed by atoms with van der Waals surface area (Å²) >= 11 is 12.1. The Morgan fingerprint density at radius 1 is 0.867 bits per heavy atom. The number of nitrogens with zero attached hydrogens (tertiary/aromatic N) is 1. The Bertz CT molecular complexity index is 1270. The average Bonchev–Trinajstić information content (AvgIpc) is 2.76. The average molecular weight is 436 g/mol. The number of H-pyrrole nitrogens is 1. The fraction of sp³-hybridized carbons (Fsp3) is 0. The molecule has 0 fully saturated rings. The smallest absolute Gasteiger partial charge is 0.277 e. The third-order valence-corrected chi connectivity index (χ3v) is 5.05. The van der Waals surface area contributed by atoms with Crippen molar-refractivity contribution in [3.63, 3.8) is 0 Å². The van der Waals surface area contributed by atoms with Crippen molar-refractivity contribution in [3.05, 3.63) is 105 Å². The van der Waals surface area contributed by atoms with Crippen LogP contribution in [0.4, 0.5) is 5.69 Å². The summed E-state index contributed by atoms with van der Waals surface area (Å²) in [5.74, 6) is -0.598. The highest BCUT2D eigenvalue weighted by Gasteiger charge is 2.23. The van der Waals surface area contributed by atoms with E-state index in [1.54, 1.807) is 12.1 Å². The number of aromatic nitrogens is 2. The number of amides is 1. The van der Waals surface area contributed by atoms with Crippen LogP contribution in [-0.2, 0) is 0 Å². The first-order chi connectivity index (χ1) is 14.5. The number of nitrogens with one attached hydrogen (secondary N) is 2. The molecule has 0 aliphatic carbocycles. The van der Waals surface area contributed by atoms with Crippen LogP contribution in [0.3, 0.4) is 0 Å². The molecule has 2 N–H and O–H groups in total. The predicted molar refractivity (Wildman–Crippen MR) is 120 cm³/mol. The summed E-state index contributed by atoms with van der Waals surface area (Å²) < 4.78 is 0. The summed E-state index contributed by atoms with van der Waals surface area (Å²) in [6.07, 6.45) is 0. The molecule has 1 aromatic heterocycles. The number of anilines is 1. The molecular weight excluding hydrogens is 421 g/mol. The van der Waals surface area contributed by atoms with Crippen LogP contribution in [0.1, 0.15) is 10.4 Å². The van der Waals surface area contributed by atoms with Gasteiger partial charge in [-0.2, -0.15) is 5.10 Å². The second-order valence-electron chi connectivity index (χ2n) is 6.46. The normalized spacial score (nSPS) is 10.6. The number of benzene rings is 3. The number of carbonyl (C=O) groups excluding carboxylic acids is 1. The van der Waals surface area contributed by atoms with Gasteiger partial charge in [-0.15, -0.1) is 0 Å². The van der Waals surface area contributed by atoms with Crippen molar-refractivity contribution in [2.75, 3.05) is 5.32 Å². The van der Waals surface area contributed by atoms with E-state index in [2.05, 4.69) is 15.5 Å². The lowest BCUT2D eigenvalue weighted by Gasteiger charge is -2.14. The maximum absolute atomic E-state index is 13.2. The lowest BCUT2D eigenvalue weighted by molar-refractivity contribution is 0.102. The van der Waals surface area contributed by atoms with Gasteiger partial charge in [0.1, 0.15) is 5.56 Å². The van der Waals surface area contributed by atoms with Gasteiger partial charge in [0.15, 0.2) is 0 Å². The summed E-state index contributed by atoms with van der Waals surface area (Å²) in [5, 5.41) is 10.1. The molecule has 4 rings (SSSR count). The largest absolute Gasteiger partial charge is 0.320 e. The van der Waals surface area contributed by atoms with E-state index >= 15 is 0 Å². The van der Waals surface area contributed by atoms with Gasteiger partial charge in [0.25, 0.3) is 11.5 Å². The highest BCUT2D eigenvalue weighted by Crippen LogP contribution is 2.32. The maximum atomic E-state index is 13.2. The predicted octanol–water partition coefficient (Wildman–Crippen LogP) is 5.66. The van der Waals surface area contributed by atoms with Crippen molar-refractivity contribution < 1.29 is 4.79 Å². The Kier molecular flexibility index (Phi) is 5.65. The number of carbonyl (C=O) groups is 1. The quantitative estimate of drug-likeness (QED) is 0.433. The van der Waals surface area contributed by atoms with Crippen LogP contribution in [0.15, 0.2) is 83.7 Å². The van der Waals surface area contributed by atoms with E-state index in [0.29, 0.717) is 27.5 Å². The molecule has 4 aromatic rings. The van der Waals surface area contributed by atoms with E-state index in [1.807, 2.05) is 60.7 Å². The van der Waals surface area contributed by atoms with E-state index in [4.69, 9.17) is 23.2 Å². The standard InChI is InChI=1S/C23H15Cl2N3O2/c24-16-11-12-18(17(25)13-16)26-22(29)20-19(14-7-3-1-4-8-14)21(27-28-23(20)30)15-9-5-2-6-10-15/h1-13H,(H,26,29)(H,28,30). The van der Waals surface area contributed by atoms with Crippen LogP contribution in [0.2, 0.25) is 10.0 Å². The fourth-order valence-electron chi connectivity index (χ4n) is 3.13. The molecule has 7 heteroatoms. The van der Waals surface area contributed by atoms with Gasteiger partial charge in [0.2, 0.25) is 0 Å². The summed E-state index contributed by atoms with van der Waals surface area (Å²) in [5.41, 5.74) is 2.09. The van der Waals surface area contributed by atoms with Crippen LogP contribution in [0, 0.1) is 0 Å². The maximum Gasteiger partial charge on any atom is 0.277 e. The molecule has 0 aliphatic rings. The zero-order chi connectivity index (χ0) is 21.1. The van der Waals surface area contributed by atoms with E-state index in [0.717, 1.165) is 5.56 Å². The lowest BCUT2D eigenvalue weighted by atomic mass is 9.95.